The molecule has 1 aliphatic heterocycles. The molecule has 0 atom stereocenters. The van der Waals surface area contributed by atoms with Crippen molar-refractivity contribution in [2.45, 2.75) is 59.6 Å². The molecule has 0 aliphatic carbocycles. The lowest BCUT2D eigenvalue weighted by Crippen LogP contribution is -2.13. The van der Waals surface area contributed by atoms with Crippen LogP contribution in [0.5, 0.6) is 0 Å². The number of benzene rings is 2. The van der Waals surface area contributed by atoms with E-state index in [1.54, 1.807) is 0 Å². The minimum absolute atomic E-state index is 0.203. The summed E-state index contributed by atoms with van der Waals surface area (Å²) in [5, 5.41) is 4.56. The number of nitrogens with one attached hydrogen (secondary N) is 1. The molecular formula is C26H28N4O2S. The molecule has 2 aromatic carbocycles. The third kappa shape index (κ3) is 4.37. The van der Waals surface area contributed by atoms with E-state index in [0.29, 0.717) is 0 Å². The maximum atomic E-state index is 12.6. The maximum Gasteiger partial charge on any atom is 0.412 e. The number of rotatable bonds is 5. The lowest BCUT2D eigenvalue weighted by Gasteiger charge is -2.13. The minimum atomic E-state index is -0.468. The van der Waals surface area contributed by atoms with E-state index in [1.165, 1.54) is 35.3 Å². The normalized spacial score (nSPS) is 13.2. The summed E-state index contributed by atoms with van der Waals surface area (Å²) in [6.45, 7) is 7.44. The molecule has 1 aliphatic rings. The van der Waals surface area contributed by atoms with Crippen LogP contribution < -0.4 is 5.32 Å². The van der Waals surface area contributed by atoms with Crippen molar-refractivity contribution in [3.8, 4) is 10.6 Å². The lowest BCUT2D eigenvalue weighted by molar-refractivity contribution is 0.155. The molecule has 1 N–H and O–H groups in total. The van der Waals surface area contributed by atoms with Gasteiger partial charge >= 0.3 is 6.09 Å². The third-order valence-electron chi connectivity index (χ3n) is 6.15. The summed E-state index contributed by atoms with van der Waals surface area (Å²) in [5.74, 6) is 1.16. The van der Waals surface area contributed by atoms with Crippen molar-refractivity contribution >= 4 is 33.5 Å². The first-order valence-corrected chi connectivity index (χ1v) is 12.3. The van der Waals surface area contributed by atoms with Crippen LogP contribution in [-0.4, -0.2) is 20.6 Å². The Bertz CT molecular complexity index is 1340. The zero-order valence-corrected chi connectivity index (χ0v) is 20.1. The summed E-state index contributed by atoms with van der Waals surface area (Å²) < 4.78 is 7.84. The van der Waals surface area contributed by atoms with Crippen molar-refractivity contribution in [1.29, 1.82) is 0 Å². The second kappa shape index (κ2) is 8.98. The quantitative estimate of drug-likeness (QED) is 0.373. The molecule has 7 heteroatoms. The number of anilines is 1. The first-order valence-electron chi connectivity index (χ1n) is 11.5. The predicted molar refractivity (Wildman–Crippen MR) is 133 cm³/mol. The molecule has 4 aromatic rings. The van der Waals surface area contributed by atoms with E-state index < -0.39 is 6.09 Å². The van der Waals surface area contributed by atoms with Gasteiger partial charge in [-0.1, -0.05) is 48.1 Å². The fourth-order valence-electron chi connectivity index (χ4n) is 4.44. The van der Waals surface area contributed by atoms with E-state index in [1.807, 2.05) is 19.1 Å². The molecule has 2 aromatic heterocycles. The van der Waals surface area contributed by atoms with Crippen molar-refractivity contribution in [2.75, 3.05) is 5.32 Å². The Morgan fingerprint density at radius 2 is 2.03 bits per heavy atom. The van der Waals surface area contributed by atoms with Crippen LogP contribution in [0.15, 0.2) is 36.4 Å². The number of fused-ring (bicyclic) bond motifs is 3. The smallest absolute Gasteiger partial charge is 0.412 e. The molecule has 6 nitrogen and oxygen atoms in total. The van der Waals surface area contributed by atoms with Gasteiger partial charge in [0.05, 0.1) is 16.7 Å². The Labute approximate surface area is 197 Å². The molecule has 0 radical (unpaired) electrons. The minimum Gasteiger partial charge on any atom is -0.444 e. The van der Waals surface area contributed by atoms with Gasteiger partial charge in [0.1, 0.15) is 22.4 Å². The van der Waals surface area contributed by atoms with Gasteiger partial charge in [-0.15, -0.1) is 0 Å². The van der Waals surface area contributed by atoms with E-state index >= 15 is 0 Å². The van der Waals surface area contributed by atoms with Crippen molar-refractivity contribution in [3.63, 3.8) is 0 Å². The number of carbonyl (C=O) groups excluding carboxylic acids is 1. The number of amides is 1. The van der Waals surface area contributed by atoms with Crippen molar-refractivity contribution in [2.24, 2.45) is 0 Å². The molecule has 170 valence electrons. The molecule has 3 heterocycles. The van der Waals surface area contributed by atoms with Gasteiger partial charge in [-0.25, -0.2) is 14.8 Å². The zero-order valence-electron chi connectivity index (χ0n) is 19.3. The number of aromatic nitrogens is 3. The van der Waals surface area contributed by atoms with Crippen molar-refractivity contribution in [3.05, 3.63) is 64.6 Å². The molecule has 5 rings (SSSR count). The molecule has 0 saturated heterocycles. The summed E-state index contributed by atoms with van der Waals surface area (Å²) in [7, 11) is 0. The van der Waals surface area contributed by atoms with E-state index in [4.69, 9.17) is 14.7 Å². The number of ether oxygens (including phenoxy) is 1. The molecule has 0 bridgehead atoms. The summed E-state index contributed by atoms with van der Waals surface area (Å²) in [6.07, 6.45) is 3.69. The summed E-state index contributed by atoms with van der Waals surface area (Å²) in [6, 6.07) is 12.5. The van der Waals surface area contributed by atoms with E-state index in [0.717, 1.165) is 63.1 Å². The average Bonchev–Trinajstić information content (AvgIpc) is 3.38. The zero-order chi connectivity index (χ0) is 22.9. The largest absolute Gasteiger partial charge is 0.444 e. The number of thiazole rings is 1. The predicted octanol–water partition coefficient (Wildman–Crippen LogP) is 6.42. The molecule has 0 fully saturated rings. The van der Waals surface area contributed by atoms with E-state index in [2.05, 4.69) is 48.0 Å². The molecular weight excluding hydrogens is 432 g/mol. The topological polar surface area (TPSA) is 69.0 Å². The van der Waals surface area contributed by atoms with Crippen LogP contribution >= 0.6 is 11.3 Å². The van der Waals surface area contributed by atoms with Gasteiger partial charge in [-0.2, -0.15) is 0 Å². The molecule has 33 heavy (non-hydrogen) atoms. The van der Waals surface area contributed by atoms with E-state index in [-0.39, 0.29) is 6.61 Å². The third-order valence-corrected chi connectivity index (χ3v) is 7.20. The van der Waals surface area contributed by atoms with Crippen LogP contribution in [-0.2, 0) is 30.7 Å². The monoisotopic (exact) mass is 460 g/mol. The van der Waals surface area contributed by atoms with Gasteiger partial charge in [0, 0.05) is 18.5 Å². The number of hydrogen-bond acceptors (Lipinski definition) is 5. The standard InChI is InChI=1S/C26H28N4O2S/c1-4-20-25(33-24(28-20)19-10-8-16(2)13-17(19)3)29-26(31)32-15-18-9-11-22-21(14-18)27-23-7-5-6-12-30(22)23/h8-11,13-14H,4-7,12,15H2,1-3H3,(H,29,31). The highest BCUT2D eigenvalue weighted by atomic mass is 32.1. The maximum absolute atomic E-state index is 12.6. The number of hydrogen-bond donors (Lipinski definition) is 1. The highest BCUT2D eigenvalue weighted by Gasteiger charge is 2.17. The molecule has 0 unspecified atom stereocenters. The molecule has 1 amide bonds. The number of carbonyl (C=O) groups is 1. The second-order valence-corrected chi connectivity index (χ2v) is 9.63. The van der Waals surface area contributed by atoms with Gasteiger partial charge in [0.25, 0.3) is 0 Å². The Morgan fingerprint density at radius 3 is 2.85 bits per heavy atom. The first kappa shape index (κ1) is 21.6. The molecule has 0 saturated carbocycles. The summed E-state index contributed by atoms with van der Waals surface area (Å²) >= 11 is 1.49. The van der Waals surface area contributed by atoms with Gasteiger partial charge in [0.2, 0.25) is 0 Å². The molecule has 0 spiro atoms. The van der Waals surface area contributed by atoms with Gasteiger partial charge < -0.3 is 9.30 Å². The second-order valence-electron chi connectivity index (χ2n) is 8.63. The lowest BCUT2D eigenvalue weighted by atomic mass is 10.1. The fraction of sp³-hybridized carbons (Fsp3) is 0.346. The van der Waals surface area contributed by atoms with Crippen LogP contribution in [0.1, 0.15) is 48.0 Å². The van der Waals surface area contributed by atoms with Crippen molar-refractivity contribution in [1.82, 2.24) is 14.5 Å². The van der Waals surface area contributed by atoms with Crippen molar-refractivity contribution < 1.29 is 9.53 Å². The number of nitrogens with zero attached hydrogens (tertiary/aromatic N) is 3. The first-order chi connectivity index (χ1) is 16.0. The Kier molecular flexibility index (Phi) is 5.89. The van der Waals surface area contributed by atoms with E-state index in [9.17, 15) is 4.79 Å². The summed E-state index contributed by atoms with van der Waals surface area (Å²) in [4.78, 5) is 22.1. The Hall–Kier alpha value is -3.19. The van der Waals surface area contributed by atoms with Gasteiger partial charge in [-0.05, 0) is 56.4 Å². The van der Waals surface area contributed by atoms with Crippen LogP contribution in [0, 0.1) is 13.8 Å². The highest BCUT2D eigenvalue weighted by Crippen LogP contribution is 2.34. The SMILES string of the molecule is CCc1nc(-c2ccc(C)cc2C)sc1NC(=O)OCc1ccc2c(c1)nc1n2CCCC1. The summed E-state index contributed by atoms with van der Waals surface area (Å²) in [5.41, 5.74) is 7.44. The Balaban J connectivity index is 1.28. The van der Waals surface area contributed by atoms with Gasteiger partial charge in [-0.3, -0.25) is 5.32 Å². The number of aryl methyl sites for hydroxylation is 5. The van der Waals surface area contributed by atoms with Crippen LogP contribution in [0.25, 0.3) is 21.6 Å². The van der Waals surface area contributed by atoms with Crippen LogP contribution in [0.2, 0.25) is 0 Å². The van der Waals surface area contributed by atoms with Crippen LogP contribution in [0.4, 0.5) is 9.80 Å². The average molecular weight is 461 g/mol. The van der Waals surface area contributed by atoms with Gasteiger partial charge in [0.15, 0.2) is 0 Å². The highest BCUT2D eigenvalue weighted by molar-refractivity contribution is 7.19. The number of imidazole rings is 1. The fourth-order valence-corrected chi connectivity index (χ4v) is 5.57. The Morgan fingerprint density at radius 1 is 1.15 bits per heavy atom. The van der Waals surface area contributed by atoms with Crippen LogP contribution in [0.3, 0.4) is 0 Å².